The lowest BCUT2D eigenvalue weighted by molar-refractivity contribution is -0.138. The predicted molar refractivity (Wildman–Crippen MR) is 134 cm³/mol. The SMILES string of the molecule is C/C(=C\CC[C@H](C)[C@H]1CC[C@@]2(C)C3=CC[C@H]4C(C)(C)C(=O)CC[C@]4(C)C3=CC[C@]12C)C(=O)O. The van der Waals surface area contributed by atoms with E-state index in [1.54, 1.807) is 18.1 Å². The van der Waals surface area contributed by atoms with E-state index < -0.39 is 5.97 Å². The molecule has 33 heavy (non-hydrogen) atoms. The minimum Gasteiger partial charge on any atom is -0.478 e. The van der Waals surface area contributed by atoms with Gasteiger partial charge < -0.3 is 5.11 Å². The highest BCUT2D eigenvalue weighted by atomic mass is 16.4. The molecule has 182 valence electrons. The molecule has 0 aromatic heterocycles. The van der Waals surface area contributed by atoms with Crippen LogP contribution in [0.2, 0.25) is 0 Å². The van der Waals surface area contributed by atoms with E-state index in [1.807, 2.05) is 6.08 Å². The summed E-state index contributed by atoms with van der Waals surface area (Å²) in [5.41, 5.74) is 3.89. The largest absolute Gasteiger partial charge is 0.478 e. The van der Waals surface area contributed by atoms with Crippen LogP contribution < -0.4 is 0 Å². The fourth-order valence-electron chi connectivity index (χ4n) is 8.61. The van der Waals surface area contributed by atoms with Crippen molar-refractivity contribution in [2.75, 3.05) is 0 Å². The third-order valence-corrected chi connectivity index (χ3v) is 11.1. The van der Waals surface area contributed by atoms with Crippen LogP contribution in [0.25, 0.3) is 0 Å². The van der Waals surface area contributed by atoms with Crippen LogP contribution in [0, 0.1) is 39.4 Å². The van der Waals surface area contributed by atoms with Gasteiger partial charge in [-0.25, -0.2) is 4.79 Å². The summed E-state index contributed by atoms with van der Waals surface area (Å²) in [5, 5.41) is 9.15. The number of fused-ring (bicyclic) bond motifs is 5. The fourth-order valence-corrected chi connectivity index (χ4v) is 8.61. The van der Waals surface area contributed by atoms with Gasteiger partial charge in [-0.1, -0.05) is 59.8 Å². The number of hydrogen-bond donors (Lipinski definition) is 1. The van der Waals surface area contributed by atoms with Gasteiger partial charge in [0.2, 0.25) is 0 Å². The van der Waals surface area contributed by atoms with Gasteiger partial charge in [0.1, 0.15) is 5.78 Å². The predicted octanol–water partition coefficient (Wildman–Crippen LogP) is 7.53. The van der Waals surface area contributed by atoms with Crippen molar-refractivity contribution in [2.24, 2.45) is 39.4 Å². The molecule has 0 aromatic carbocycles. The van der Waals surface area contributed by atoms with E-state index in [1.165, 1.54) is 12.8 Å². The zero-order valence-corrected chi connectivity index (χ0v) is 21.9. The minimum atomic E-state index is -0.809. The van der Waals surface area contributed by atoms with E-state index in [0.717, 1.165) is 32.1 Å². The summed E-state index contributed by atoms with van der Waals surface area (Å²) >= 11 is 0. The Morgan fingerprint density at radius 2 is 1.85 bits per heavy atom. The summed E-state index contributed by atoms with van der Waals surface area (Å²) in [6, 6.07) is 0. The number of carboxylic acids is 1. The average molecular weight is 453 g/mol. The third-order valence-electron chi connectivity index (χ3n) is 11.1. The van der Waals surface area contributed by atoms with Crippen molar-refractivity contribution < 1.29 is 14.7 Å². The van der Waals surface area contributed by atoms with Gasteiger partial charge >= 0.3 is 5.97 Å². The smallest absolute Gasteiger partial charge is 0.330 e. The molecule has 0 unspecified atom stereocenters. The normalized spacial score (nSPS) is 40.8. The lowest BCUT2D eigenvalue weighted by atomic mass is 9.44. The summed E-state index contributed by atoms with van der Waals surface area (Å²) in [7, 11) is 0. The Labute approximate surface area is 200 Å². The van der Waals surface area contributed by atoms with Crippen molar-refractivity contribution in [1.29, 1.82) is 0 Å². The Balaban J connectivity index is 1.62. The van der Waals surface area contributed by atoms with Crippen molar-refractivity contribution in [3.05, 3.63) is 34.9 Å². The number of carbonyl (C=O) groups excluding carboxylic acids is 1. The molecule has 0 saturated heterocycles. The van der Waals surface area contributed by atoms with Crippen LogP contribution >= 0.6 is 0 Å². The highest BCUT2D eigenvalue weighted by Gasteiger charge is 2.63. The van der Waals surface area contributed by atoms with E-state index in [4.69, 9.17) is 5.11 Å². The molecule has 2 fully saturated rings. The number of hydrogen-bond acceptors (Lipinski definition) is 2. The van der Waals surface area contributed by atoms with Crippen molar-refractivity contribution in [2.45, 2.75) is 99.8 Å². The molecule has 0 aromatic rings. The summed E-state index contributed by atoms with van der Waals surface area (Å²) in [4.78, 5) is 23.9. The van der Waals surface area contributed by atoms with E-state index in [-0.39, 0.29) is 21.7 Å². The Kier molecular flexibility index (Phi) is 5.90. The van der Waals surface area contributed by atoms with Gasteiger partial charge in [0, 0.05) is 17.4 Å². The molecular weight excluding hydrogens is 408 g/mol. The van der Waals surface area contributed by atoms with E-state index in [0.29, 0.717) is 35.5 Å². The van der Waals surface area contributed by atoms with Gasteiger partial charge in [0.25, 0.3) is 0 Å². The number of rotatable bonds is 5. The van der Waals surface area contributed by atoms with Crippen LogP contribution in [0.1, 0.15) is 99.8 Å². The number of carbonyl (C=O) groups is 2. The lowest BCUT2D eigenvalue weighted by Crippen LogP contribution is -2.53. The quantitative estimate of drug-likeness (QED) is 0.439. The van der Waals surface area contributed by atoms with Crippen LogP contribution in [-0.2, 0) is 9.59 Å². The fraction of sp³-hybridized carbons (Fsp3) is 0.733. The third kappa shape index (κ3) is 3.43. The van der Waals surface area contributed by atoms with Crippen molar-refractivity contribution >= 4 is 11.8 Å². The first kappa shape index (κ1) is 24.5. The first-order valence-corrected chi connectivity index (χ1v) is 13.1. The molecule has 0 heterocycles. The molecule has 3 nitrogen and oxygen atoms in total. The number of carboxylic acid groups (broad SMARTS) is 1. The summed E-state index contributed by atoms with van der Waals surface area (Å²) in [6.45, 7) is 15.9. The second kappa shape index (κ2) is 7.95. The van der Waals surface area contributed by atoms with Crippen molar-refractivity contribution in [3.8, 4) is 0 Å². The summed E-state index contributed by atoms with van der Waals surface area (Å²) in [5.74, 6) is 1.25. The first-order chi connectivity index (χ1) is 15.3. The molecule has 4 aliphatic carbocycles. The van der Waals surface area contributed by atoms with Gasteiger partial charge in [-0.15, -0.1) is 0 Å². The maximum Gasteiger partial charge on any atom is 0.330 e. The number of aliphatic carboxylic acids is 1. The van der Waals surface area contributed by atoms with Crippen LogP contribution in [0.15, 0.2) is 34.9 Å². The molecule has 0 amide bonds. The number of ketones is 1. The Morgan fingerprint density at radius 3 is 2.52 bits per heavy atom. The lowest BCUT2D eigenvalue weighted by Gasteiger charge is -2.59. The molecular formula is C30H44O3. The highest BCUT2D eigenvalue weighted by Crippen LogP contribution is 2.71. The second-order valence-electron chi connectivity index (χ2n) is 12.9. The molecule has 4 rings (SSSR count). The Morgan fingerprint density at radius 1 is 1.15 bits per heavy atom. The van der Waals surface area contributed by atoms with E-state index in [2.05, 4.69) is 53.7 Å². The molecule has 4 aliphatic rings. The zero-order chi connectivity index (χ0) is 24.4. The van der Waals surface area contributed by atoms with E-state index >= 15 is 0 Å². The average Bonchev–Trinajstić information content (AvgIpc) is 3.02. The van der Waals surface area contributed by atoms with Crippen LogP contribution in [0.4, 0.5) is 0 Å². The van der Waals surface area contributed by atoms with Crippen LogP contribution in [0.5, 0.6) is 0 Å². The maximum atomic E-state index is 12.8. The molecule has 6 atom stereocenters. The molecule has 0 spiro atoms. The Bertz CT molecular complexity index is 950. The van der Waals surface area contributed by atoms with E-state index in [9.17, 15) is 9.59 Å². The standard InChI is InChI=1S/C30H44O3/c1-19(9-8-10-20(2)26(32)33)21-13-17-30(7)23-11-12-24-27(3,4)25(31)15-16-28(24,5)22(23)14-18-29(21,30)6/h10-11,14,19,21,24H,8-9,12-13,15-18H2,1-7H3,(H,32,33)/b20-10+/t19-,21+,24-,28+,29+,30-/m0/s1. The van der Waals surface area contributed by atoms with Gasteiger partial charge in [0.15, 0.2) is 0 Å². The summed E-state index contributed by atoms with van der Waals surface area (Å²) < 4.78 is 0. The first-order valence-electron chi connectivity index (χ1n) is 13.1. The maximum absolute atomic E-state index is 12.8. The second-order valence-corrected chi connectivity index (χ2v) is 12.9. The Hall–Kier alpha value is -1.64. The minimum absolute atomic E-state index is 0.106. The number of allylic oxidation sites excluding steroid dienone is 5. The molecule has 1 N–H and O–H groups in total. The highest BCUT2D eigenvalue weighted by molar-refractivity contribution is 5.86. The molecule has 0 bridgehead atoms. The van der Waals surface area contributed by atoms with Gasteiger partial charge in [-0.05, 0) is 97.0 Å². The van der Waals surface area contributed by atoms with Crippen molar-refractivity contribution in [3.63, 3.8) is 0 Å². The van der Waals surface area contributed by atoms with Crippen LogP contribution in [0.3, 0.4) is 0 Å². The molecule has 0 aliphatic heterocycles. The summed E-state index contributed by atoms with van der Waals surface area (Å²) in [6.07, 6.45) is 15.2. The van der Waals surface area contributed by atoms with Crippen molar-refractivity contribution in [1.82, 2.24) is 0 Å². The van der Waals surface area contributed by atoms with Gasteiger partial charge in [-0.2, -0.15) is 0 Å². The number of Topliss-reactive ketones (excluding diaryl/α,β-unsaturated/α-hetero) is 1. The topological polar surface area (TPSA) is 54.4 Å². The van der Waals surface area contributed by atoms with Crippen LogP contribution in [-0.4, -0.2) is 16.9 Å². The van der Waals surface area contributed by atoms with Gasteiger partial charge in [0.05, 0.1) is 0 Å². The monoisotopic (exact) mass is 452 g/mol. The van der Waals surface area contributed by atoms with Gasteiger partial charge in [-0.3, -0.25) is 4.79 Å². The molecule has 3 heteroatoms. The molecule has 2 saturated carbocycles. The zero-order valence-electron chi connectivity index (χ0n) is 21.9. The molecule has 0 radical (unpaired) electrons.